The summed E-state index contributed by atoms with van der Waals surface area (Å²) in [7, 11) is 0. The first-order chi connectivity index (χ1) is 15.0. The van der Waals surface area contributed by atoms with Gasteiger partial charge >= 0.3 is 29.6 Å². The molecule has 0 bridgehead atoms. The number of carbonyl (C=O) groups is 1. The van der Waals surface area contributed by atoms with E-state index >= 15 is 0 Å². The van der Waals surface area contributed by atoms with Gasteiger partial charge in [0.1, 0.15) is 11.5 Å². The van der Waals surface area contributed by atoms with Gasteiger partial charge in [0.25, 0.3) is 5.91 Å². The van der Waals surface area contributed by atoms with E-state index in [1.807, 2.05) is 24.3 Å². The van der Waals surface area contributed by atoms with Gasteiger partial charge in [-0.3, -0.25) is 4.79 Å². The molecule has 160 valence electrons. The van der Waals surface area contributed by atoms with Crippen LogP contribution in [0, 0.1) is 6.42 Å². The quantitative estimate of drug-likeness (QED) is 0.380. The molecule has 8 heteroatoms. The Kier molecular flexibility index (Phi) is 9.23. The largest absolute Gasteiger partial charge is 1.00 e. The maximum Gasteiger partial charge on any atom is 1.00 e. The van der Waals surface area contributed by atoms with Crippen molar-refractivity contribution in [3.05, 3.63) is 92.2 Å². The molecule has 0 aliphatic carbocycles. The van der Waals surface area contributed by atoms with E-state index in [-0.39, 0.29) is 35.5 Å². The molecule has 3 aromatic carbocycles. The Morgan fingerprint density at radius 1 is 1.12 bits per heavy atom. The molecule has 4 rings (SSSR count). The minimum atomic E-state index is -0.146. The first-order valence-electron chi connectivity index (χ1n) is 9.79. The summed E-state index contributed by atoms with van der Waals surface area (Å²) in [5.74, 6) is 1.71. The molecule has 1 aliphatic heterocycles. The van der Waals surface area contributed by atoms with E-state index in [0.717, 1.165) is 27.8 Å². The van der Waals surface area contributed by atoms with Gasteiger partial charge in [0.2, 0.25) is 0 Å². The van der Waals surface area contributed by atoms with Gasteiger partial charge in [0, 0.05) is 32.4 Å². The van der Waals surface area contributed by atoms with Gasteiger partial charge in [0.15, 0.2) is 0 Å². The topological polar surface area (TPSA) is 47.6 Å². The zero-order valence-electron chi connectivity index (χ0n) is 17.5. The van der Waals surface area contributed by atoms with Gasteiger partial charge in [-0.1, -0.05) is 45.2 Å². The molecule has 0 atom stereocenters. The fourth-order valence-corrected chi connectivity index (χ4v) is 4.33. The Bertz CT molecular complexity index is 1110. The second kappa shape index (κ2) is 11.7. The van der Waals surface area contributed by atoms with Crippen molar-refractivity contribution >= 4 is 45.0 Å². The number of amides is 1. The number of hydrogen-bond donors (Lipinski definition) is 1. The van der Waals surface area contributed by atoms with Gasteiger partial charge in [-0.05, 0) is 60.9 Å². The molecule has 0 aromatic heterocycles. The minimum absolute atomic E-state index is 0. The molecular weight excluding hydrogens is 524 g/mol. The van der Waals surface area contributed by atoms with Crippen molar-refractivity contribution in [2.24, 2.45) is 0 Å². The summed E-state index contributed by atoms with van der Waals surface area (Å²) in [4.78, 5) is 12.4. The van der Waals surface area contributed by atoms with Crippen molar-refractivity contribution in [3.63, 3.8) is 0 Å². The third-order valence-corrected chi connectivity index (χ3v) is 6.11. The number of ether oxygens (including phenoxy) is 2. The summed E-state index contributed by atoms with van der Waals surface area (Å²) in [6, 6.07) is 16.2. The average Bonchev–Trinajstić information content (AvgIpc) is 2.76. The van der Waals surface area contributed by atoms with Gasteiger partial charge in [-0.25, -0.2) is 0 Å². The van der Waals surface area contributed by atoms with Crippen molar-refractivity contribution in [1.82, 2.24) is 5.32 Å². The summed E-state index contributed by atoms with van der Waals surface area (Å²) in [5.41, 5.74) is 2.61. The van der Waals surface area contributed by atoms with E-state index in [0.29, 0.717) is 46.7 Å². The fraction of sp³-hybridized carbons (Fsp3) is 0.167. The van der Waals surface area contributed by atoms with E-state index in [9.17, 15) is 4.79 Å². The number of carbonyl (C=O) groups excluding carboxylic acids is 1. The zero-order chi connectivity index (χ0) is 21.8. The molecule has 0 fully saturated rings. The molecule has 1 heterocycles. The number of benzene rings is 3. The van der Waals surface area contributed by atoms with Crippen LogP contribution in [0.5, 0.6) is 17.2 Å². The van der Waals surface area contributed by atoms with Gasteiger partial charge in [-0.15, -0.1) is 11.6 Å². The van der Waals surface area contributed by atoms with Gasteiger partial charge < -0.3 is 14.8 Å². The first kappa shape index (κ1) is 25.3. The van der Waals surface area contributed by atoms with Crippen LogP contribution in [0.3, 0.4) is 0 Å². The molecule has 1 amide bonds. The summed E-state index contributed by atoms with van der Waals surface area (Å²) < 4.78 is 12.5. The Morgan fingerprint density at radius 2 is 1.91 bits per heavy atom. The van der Waals surface area contributed by atoms with E-state index in [4.69, 9.17) is 32.7 Å². The van der Waals surface area contributed by atoms with E-state index < -0.39 is 0 Å². The predicted molar refractivity (Wildman–Crippen MR) is 127 cm³/mol. The predicted octanol–water partition coefficient (Wildman–Crippen LogP) is 3.86. The Balaban J connectivity index is 0.00000289. The van der Waals surface area contributed by atoms with Gasteiger partial charge in [-0.2, -0.15) is 6.42 Å². The third kappa shape index (κ3) is 6.37. The van der Waals surface area contributed by atoms with Gasteiger partial charge in [0.05, 0.1) is 6.61 Å². The van der Waals surface area contributed by atoms with Crippen molar-refractivity contribution in [1.29, 1.82) is 0 Å². The van der Waals surface area contributed by atoms with E-state index in [1.54, 1.807) is 30.3 Å². The van der Waals surface area contributed by atoms with Crippen molar-refractivity contribution < 1.29 is 43.8 Å². The van der Waals surface area contributed by atoms with Crippen molar-refractivity contribution in [3.8, 4) is 17.2 Å². The standard InChI is InChI=1S/C24H19BrCl2NO3.Na/c25-20-13-18(26)6-3-15(20)9-10-28-24(29)16-4-7-19(8-5-16)31-23-14-22-17(12-21(23)27)2-1-11-30-22;/h2-8,12-14H,1,9-11H2,(H,28,29);/q-1;+1. The number of rotatable bonds is 6. The van der Waals surface area contributed by atoms with Crippen LogP contribution in [-0.2, 0) is 6.42 Å². The number of hydrogen-bond acceptors (Lipinski definition) is 3. The van der Waals surface area contributed by atoms with Crippen LogP contribution in [0.4, 0.5) is 0 Å². The van der Waals surface area contributed by atoms with Crippen LogP contribution in [-0.4, -0.2) is 19.1 Å². The molecule has 1 aliphatic rings. The van der Waals surface area contributed by atoms with Crippen LogP contribution in [0.25, 0.3) is 0 Å². The molecule has 0 radical (unpaired) electrons. The van der Waals surface area contributed by atoms with Crippen LogP contribution in [0.15, 0.2) is 59.1 Å². The van der Waals surface area contributed by atoms with Crippen molar-refractivity contribution in [2.75, 3.05) is 13.2 Å². The molecule has 1 N–H and O–H groups in total. The second-order valence-electron chi connectivity index (χ2n) is 7.03. The maximum atomic E-state index is 12.4. The van der Waals surface area contributed by atoms with Crippen LogP contribution >= 0.6 is 39.1 Å². The normalized spacial score (nSPS) is 12.0. The molecule has 0 saturated heterocycles. The number of nitrogens with one attached hydrogen (secondary N) is 1. The van der Waals surface area contributed by atoms with Crippen LogP contribution < -0.4 is 44.3 Å². The monoisotopic (exact) mass is 541 g/mol. The van der Waals surface area contributed by atoms with E-state index in [2.05, 4.69) is 27.7 Å². The Labute approximate surface area is 228 Å². The molecule has 3 aromatic rings. The average molecular weight is 543 g/mol. The molecule has 4 nitrogen and oxygen atoms in total. The molecular formula is C24H19BrCl2NNaO3. The molecule has 0 unspecified atom stereocenters. The van der Waals surface area contributed by atoms with Crippen LogP contribution in [0.1, 0.15) is 27.9 Å². The minimum Gasteiger partial charge on any atom is -0.551 e. The fourth-order valence-electron chi connectivity index (χ4n) is 3.23. The van der Waals surface area contributed by atoms with E-state index in [1.165, 1.54) is 0 Å². The molecule has 0 spiro atoms. The maximum absolute atomic E-state index is 12.4. The Morgan fingerprint density at radius 3 is 2.66 bits per heavy atom. The first-order valence-corrected chi connectivity index (χ1v) is 11.3. The summed E-state index contributed by atoms with van der Waals surface area (Å²) in [6.45, 7) is 1.16. The second-order valence-corrected chi connectivity index (χ2v) is 8.73. The smallest absolute Gasteiger partial charge is 0.551 e. The number of halogens is 3. The molecule has 32 heavy (non-hydrogen) atoms. The summed E-state index contributed by atoms with van der Waals surface area (Å²) >= 11 is 15.8. The number of fused-ring (bicyclic) bond motifs is 1. The Hall–Kier alpha value is -1.34. The zero-order valence-corrected chi connectivity index (χ0v) is 22.6. The van der Waals surface area contributed by atoms with Crippen LogP contribution in [0.2, 0.25) is 10.0 Å². The van der Waals surface area contributed by atoms with Crippen molar-refractivity contribution in [2.45, 2.75) is 12.8 Å². The molecule has 0 saturated carbocycles. The SMILES string of the molecule is O=C(NCCc1ccc(Cl)cc1Br)c1ccc(Oc2cc3c(cc2Cl)[CH-]CCO3)cc1.[Na+]. The summed E-state index contributed by atoms with van der Waals surface area (Å²) in [5, 5.41) is 4.11. The third-order valence-electron chi connectivity index (χ3n) is 4.84. The summed E-state index contributed by atoms with van der Waals surface area (Å²) in [6.07, 6.45) is 3.65.